The van der Waals surface area contributed by atoms with Crippen molar-refractivity contribution in [3.8, 4) is 11.8 Å². The maximum Gasteiger partial charge on any atom is 0.262 e. The second kappa shape index (κ2) is 7.68. The maximum atomic E-state index is 12.1. The van der Waals surface area contributed by atoms with E-state index in [1.165, 1.54) is 0 Å². The monoisotopic (exact) mass is 458 g/mol. The first-order valence-electron chi connectivity index (χ1n) is 7.38. The maximum absolute atomic E-state index is 12.1. The number of rotatable bonds is 4. The molecule has 25 heavy (non-hydrogen) atoms. The molecule has 1 amide bonds. The van der Waals surface area contributed by atoms with E-state index in [1.54, 1.807) is 24.3 Å². The van der Waals surface area contributed by atoms with Crippen molar-refractivity contribution >= 4 is 54.2 Å². The SMILES string of the molecule is N#Cc1ccccc1NC(=O)COc1ccc2cc(Br)ccc2c1Br. The number of anilines is 1. The Hall–Kier alpha value is -2.36. The van der Waals surface area contributed by atoms with Gasteiger partial charge in [0.05, 0.1) is 15.7 Å². The van der Waals surface area contributed by atoms with Gasteiger partial charge < -0.3 is 10.1 Å². The molecule has 0 aliphatic heterocycles. The van der Waals surface area contributed by atoms with Crippen molar-refractivity contribution in [1.82, 2.24) is 0 Å². The van der Waals surface area contributed by atoms with Gasteiger partial charge in [-0.2, -0.15) is 5.26 Å². The normalized spacial score (nSPS) is 10.3. The minimum atomic E-state index is -0.328. The van der Waals surface area contributed by atoms with Crippen molar-refractivity contribution < 1.29 is 9.53 Å². The fraction of sp³-hybridized carbons (Fsp3) is 0.0526. The molecular weight excluding hydrogens is 448 g/mol. The van der Waals surface area contributed by atoms with Crippen LogP contribution in [0.15, 0.2) is 63.5 Å². The Morgan fingerprint density at radius 2 is 1.92 bits per heavy atom. The lowest BCUT2D eigenvalue weighted by Crippen LogP contribution is -2.20. The summed E-state index contributed by atoms with van der Waals surface area (Å²) in [5.74, 6) is 0.254. The third-order valence-corrected chi connectivity index (χ3v) is 4.87. The summed E-state index contributed by atoms with van der Waals surface area (Å²) in [4.78, 5) is 12.1. The van der Waals surface area contributed by atoms with Crippen molar-refractivity contribution in [1.29, 1.82) is 5.26 Å². The molecule has 3 rings (SSSR count). The van der Waals surface area contributed by atoms with Gasteiger partial charge in [-0.25, -0.2) is 0 Å². The molecule has 0 aliphatic rings. The van der Waals surface area contributed by atoms with E-state index in [1.807, 2.05) is 36.4 Å². The lowest BCUT2D eigenvalue weighted by Gasteiger charge is -2.11. The number of nitrogens with zero attached hydrogens (tertiary/aromatic N) is 1. The quantitative estimate of drug-likeness (QED) is 0.579. The van der Waals surface area contributed by atoms with Gasteiger partial charge in [0.15, 0.2) is 6.61 Å². The number of carbonyl (C=O) groups excluding carboxylic acids is 1. The average molecular weight is 460 g/mol. The highest BCUT2D eigenvalue weighted by Gasteiger charge is 2.10. The first kappa shape index (κ1) is 17.5. The van der Waals surface area contributed by atoms with Gasteiger partial charge in [0.25, 0.3) is 5.91 Å². The molecule has 6 heteroatoms. The standard InChI is InChI=1S/C19H12Br2N2O2/c20-14-6-7-15-12(9-14)5-8-17(19(15)21)25-11-18(24)23-16-4-2-1-3-13(16)10-22/h1-9H,11H2,(H,23,24). The summed E-state index contributed by atoms with van der Waals surface area (Å²) in [5.41, 5.74) is 0.884. The van der Waals surface area contributed by atoms with E-state index < -0.39 is 0 Å². The number of ether oxygens (including phenoxy) is 1. The summed E-state index contributed by atoms with van der Waals surface area (Å²) in [5, 5.41) is 13.8. The van der Waals surface area contributed by atoms with Crippen LogP contribution < -0.4 is 10.1 Å². The number of nitrogens with one attached hydrogen (secondary N) is 1. The van der Waals surface area contributed by atoms with Crippen molar-refractivity contribution in [2.75, 3.05) is 11.9 Å². The Morgan fingerprint density at radius 3 is 2.72 bits per heavy atom. The lowest BCUT2D eigenvalue weighted by molar-refractivity contribution is -0.118. The number of halogens is 2. The number of fused-ring (bicyclic) bond motifs is 1. The molecule has 0 saturated carbocycles. The van der Waals surface area contributed by atoms with E-state index in [4.69, 9.17) is 10.00 Å². The largest absolute Gasteiger partial charge is 0.483 e. The summed E-state index contributed by atoms with van der Waals surface area (Å²) in [7, 11) is 0. The van der Waals surface area contributed by atoms with E-state index in [0.29, 0.717) is 17.0 Å². The number of hydrogen-bond acceptors (Lipinski definition) is 3. The van der Waals surface area contributed by atoms with E-state index in [-0.39, 0.29) is 12.5 Å². The van der Waals surface area contributed by atoms with Crippen molar-refractivity contribution in [3.05, 3.63) is 69.1 Å². The first-order chi connectivity index (χ1) is 12.1. The van der Waals surface area contributed by atoms with Gasteiger partial charge in [0, 0.05) is 4.47 Å². The van der Waals surface area contributed by atoms with Crippen molar-refractivity contribution in [2.45, 2.75) is 0 Å². The van der Waals surface area contributed by atoms with Crippen molar-refractivity contribution in [3.63, 3.8) is 0 Å². The molecule has 0 bridgehead atoms. The molecule has 3 aromatic rings. The molecule has 1 N–H and O–H groups in total. The van der Waals surface area contributed by atoms with Crippen LogP contribution in [0.2, 0.25) is 0 Å². The zero-order valence-electron chi connectivity index (χ0n) is 12.9. The second-order valence-electron chi connectivity index (χ2n) is 5.24. The van der Waals surface area contributed by atoms with Gasteiger partial charge in [0.2, 0.25) is 0 Å². The van der Waals surface area contributed by atoms with Crippen LogP contribution in [0.3, 0.4) is 0 Å². The molecule has 0 atom stereocenters. The molecule has 3 aromatic carbocycles. The van der Waals surface area contributed by atoms with Crippen LogP contribution in [0.5, 0.6) is 5.75 Å². The van der Waals surface area contributed by atoms with Crippen LogP contribution in [0.25, 0.3) is 10.8 Å². The summed E-state index contributed by atoms with van der Waals surface area (Å²) in [6, 6.07) is 18.6. The number of hydrogen-bond donors (Lipinski definition) is 1. The number of benzene rings is 3. The van der Waals surface area contributed by atoms with Crippen LogP contribution in [0, 0.1) is 11.3 Å². The Balaban J connectivity index is 1.72. The summed E-state index contributed by atoms with van der Waals surface area (Å²) < 4.78 is 7.42. The summed E-state index contributed by atoms with van der Waals surface area (Å²) in [6.45, 7) is -0.152. The predicted octanol–water partition coefficient (Wildman–Crippen LogP) is 5.25. The van der Waals surface area contributed by atoms with Gasteiger partial charge in [0.1, 0.15) is 11.8 Å². The minimum absolute atomic E-state index is 0.152. The molecule has 0 heterocycles. The second-order valence-corrected chi connectivity index (χ2v) is 6.95. The highest BCUT2D eigenvalue weighted by atomic mass is 79.9. The van der Waals surface area contributed by atoms with Gasteiger partial charge in [-0.05, 0) is 57.0 Å². The van der Waals surface area contributed by atoms with E-state index >= 15 is 0 Å². The fourth-order valence-electron chi connectivity index (χ4n) is 2.37. The Bertz CT molecular complexity index is 996. The van der Waals surface area contributed by atoms with Gasteiger partial charge in [-0.1, -0.05) is 40.2 Å². The molecule has 0 aliphatic carbocycles. The Morgan fingerprint density at radius 1 is 1.12 bits per heavy atom. The van der Waals surface area contributed by atoms with Gasteiger partial charge >= 0.3 is 0 Å². The molecule has 0 aromatic heterocycles. The van der Waals surface area contributed by atoms with Crippen LogP contribution in [0.4, 0.5) is 5.69 Å². The molecule has 0 saturated heterocycles. The Labute approximate surface area is 161 Å². The number of amides is 1. The predicted molar refractivity (Wildman–Crippen MR) is 105 cm³/mol. The number of para-hydroxylation sites is 1. The molecular formula is C19H12Br2N2O2. The van der Waals surface area contributed by atoms with Gasteiger partial charge in [-0.15, -0.1) is 0 Å². The fourth-order valence-corrected chi connectivity index (χ4v) is 3.36. The molecule has 0 unspecified atom stereocenters. The lowest BCUT2D eigenvalue weighted by atomic mass is 10.1. The Kier molecular flexibility index (Phi) is 5.37. The number of nitriles is 1. The number of carbonyl (C=O) groups is 1. The topological polar surface area (TPSA) is 62.1 Å². The van der Waals surface area contributed by atoms with E-state index in [0.717, 1.165) is 19.7 Å². The highest BCUT2D eigenvalue weighted by molar-refractivity contribution is 9.11. The molecule has 124 valence electrons. The first-order valence-corrected chi connectivity index (χ1v) is 8.96. The smallest absolute Gasteiger partial charge is 0.262 e. The highest BCUT2D eigenvalue weighted by Crippen LogP contribution is 2.34. The zero-order chi connectivity index (χ0) is 17.8. The van der Waals surface area contributed by atoms with Crippen LogP contribution in [0.1, 0.15) is 5.56 Å². The summed E-state index contributed by atoms with van der Waals surface area (Å²) >= 11 is 6.98. The van der Waals surface area contributed by atoms with Crippen LogP contribution in [-0.2, 0) is 4.79 Å². The van der Waals surface area contributed by atoms with Crippen molar-refractivity contribution in [2.24, 2.45) is 0 Å². The third kappa shape index (κ3) is 4.01. The molecule has 0 fully saturated rings. The molecule has 4 nitrogen and oxygen atoms in total. The van der Waals surface area contributed by atoms with E-state index in [2.05, 4.69) is 37.2 Å². The van der Waals surface area contributed by atoms with Gasteiger partial charge in [-0.3, -0.25) is 4.79 Å². The summed E-state index contributed by atoms with van der Waals surface area (Å²) in [6.07, 6.45) is 0. The minimum Gasteiger partial charge on any atom is -0.483 e. The van der Waals surface area contributed by atoms with E-state index in [9.17, 15) is 4.79 Å². The third-order valence-electron chi connectivity index (χ3n) is 3.56. The average Bonchev–Trinajstić information content (AvgIpc) is 2.61. The molecule has 0 spiro atoms. The molecule has 0 radical (unpaired) electrons. The van der Waals surface area contributed by atoms with Crippen LogP contribution in [-0.4, -0.2) is 12.5 Å². The zero-order valence-corrected chi connectivity index (χ0v) is 16.1. The van der Waals surface area contributed by atoms with Crippen LogP contribution >= 0.6 is 31.9 Å².